The van der Waals surface area contributed by atoms with Crippen LogP contribution in [0, 0.1) is 5.82 Å². The number of nitrogens with one attached hydrogen (secondary N) is 2. The normalized spacial score (nSPS) is 15.1. The standard InChI is InChI=1S/C24H26FN5O3/c25-19-6-1-2-7-20(19)29-10-12-30(13-11-29)21(22-8-4-14-33-22)17-28-24(32)23(31)27-16-18-5-3-9-26-15-18/h1-9,14-15,21H,10-13,16-17H2,(H,27,31)(H,28,32)/t21-/m1/s1. The number of hydrogen-bond donors (Lipinski definition) is 2. The lowest BCUT2D eigenvalue weighted by Gasteiger charge is -2.39. The molecule has 2 aromatic heterocycles. The van der Waals surface area contributed by atoms with Crippen molar-refractivity contribution in [3.05, 3.63) is 84.3 Å². The van der Waals surface area contributed by atoms with Crippen molar-refractivity contribution in [2.24, 2.45) is 0 Å². The first kappa shape index (κ1) is 22.5. The first-order chi connectivity index (χ1) is 16.1. The second kappa shape index (κ2) is 10.7. The van der Waals surface area contributed by atoms with Crippen LogP contribution in [0.4, 0.5) is 10.1 Å². The maximum atomic E-state index is 14.2. The van der Waals surface area contributed by atoms with Crippen molar-refractivity contribution in [2.45, 2.75) is 12.6 Å². The molecular weight excluding hydrogens is 425 g/mol. The van der Waals surface area contributed by atoms with Crippen LogP contribution in [0.1, 0.15) is 17.4 Å². The van der Waals surface area contributed by atoms with Crippen LogP contribution in [0.15, 0.2) is 71.6 Å². The molecule has 0 spiro atoms. The van der Waals surface area contributed by atoms with Gasteiger partial charge in [0.15, 0.2) is 0 Å². The number of nitrogens with zero attached hydrogens (tertiary/aromatic N) is 3. The Kier molecular flexibility index (Phi) is 7.31. The van der Waals surface area contributed by atoms with Gasteiger partial charge in [0, 0.05) is 51.7 Å². The molecule has 0 saturated carbocycles. The van der Waals surface area contributed by atoms with Gasteiger partial charge in [-0.1, -0.05) is 18.2 Å². The van der Waals surface area contributed by atoms with Crippen LogP contribution in [-0.2, 0) is 16.1 Å². The smallest absolute Gasteiger partial charge is 0.309 e. The number of anilines is 1. The van der Waals surface area contributed by atoms with Crippen LogP contribution in [0.3, 0.4) is 0 Å². The van der Waals surface area contributed by atoms with Gasteiger partial charge in [-0.3, -0.25) is 19.5 Å². The average molecular weight is 452 g/mol. The molecule has 0 bridgehead atoms. The summed E-state index contributed by atoms with van der Waals surface area (Å²) in [4.78, 5) is 32.7. The van der Waals surface area contributed by atoms with E-state index in [2.05, 4.69) is 20.5 Å². The number of amides is 2. The molecule has 1 aromatic carbocycles. The molecule has 1 aliphatic heterocycles. The van der Waals surface area contributed by atoms with Gasteiger partial charge in [-0.05, 0) is 35.9 Å². The summed E-state index contributed by atoms with van der Waals surface area (Å²) in [6.07, 6.45) is 4.86. The Labute approximate surface area is 191 Å². The van der Waals surface area contributed by atoms with Gasteiger partial charge in [-0.15, -0.1) is 0 Å². The molecule has 9 heteroatoms. The van der Waals surface area contributed by atoms with Crippen LogP contribution in [-0.4, -0.2) is 54.4 Å². The first-order valence-corrected chi connectivity index (χ1v) is 10.8. The van der Waals surface area contributed by atoms with Gasteiger partial charge in [0.05, 0.1) is 18.0 Å². The third-order valence-electron chi connectivity index (χ3n) is 5.66. The maximum Gasteiger partial charge on any atom is 0.309 e. The molecule has 1 atom stereocenters. The number of rotatable bonds is 7. The van der Waals surface area contributed by atoms with Gasteiger partial charge in [0.2, 0.25) is 0 Å². The lowest BCUT2D eigenvalue weighted by molar-refractivity contribution is -0.139. The molecule has 0 aliphatic carbocycles. The van der Waals surface area contributed by atoms with E-state index in [9.17, 15) is 14.0 Å². The number of carbonyl (C=O) groups is 2. The molecule has 33 heavy (non-hydrogen) atoms. The number of pyridine rings is 1. The van der Waals surface area contributed by atoms with E-state index < -0.39 is 11.8 Å². The Bertz CT molecular complexity index is 1050. The number of piperazine rings is 1. The zero-order valence-corrected chi connectivity index (χ0v) is 18.1. The fraction of sp³-hybridized carbons (Fsp3) is 0.292. The fourth-order valence-electron chi connectivity index (χ4n) is 3.91. The molecule has 1 saturated heterocycles. The summed E-state index contributed by atoms with van der Waals surface area (Å²) in [6.45, 7) is 3.02. The maximum absolute atomic E-state index is 14.2. The lowest BCUT2D eigenvalue weighted by Crippen LogP contribution is -2.51. The SMILES string of the molecule is O=C(NCc1cccnc1)C(=O)NC[C@H](c1ccco1)N1CCN(c2ccccc2F)CC1. The first-order valence-electron chi connectivity index (χ1n) is 10.8. The Morgan fingerprint density at radius 2 is 1.79 bits per heavy atom. The van der Waals surface area contributed by atoms with E-state index in [0.29, 0.717) is 37.6 Å². The summed E-state index contributed by atoms with van der Waals surface area (Å²) in [5, 5.41) is 5.31. The summed E-state index contributed by atoms with van der Waals surface area (Å²) < 4.78 is 19.8. The second-order valence-corrected chi connectivity index (χ2v) is 7.76. The molecular formula is C24H26FN5O3. The molecule has 4 rings (SSSR count). The number of carbonyl (C=O) groups excluding carboxylic acids is 2. The summed E-state index contributed by atoms with van der Waals surface area (Å²) in [5.41, 5.74) is 1.39. The van der Waals surface area contributed by atoms with Crippen molar-refractivity contribution >= 4 is 17.5 Å². The van der Waals surface area contributed by atoms with Crippen molar-refractivity contribution in [1.82, 2.24) is 20.5 Å². The van der Waals surface area contributed by atoms with Gasteiger partial charge in [0.1, 0.15) is 11.6 Å². The average Bonchev–Trinajstić information content (AvgIpc) is 3.39. The summed E-state index contributed by atoms with van der Waals surface area (Å²) in [5.74, 6) is -0.953. The van der Waals surface area contributed by atoms with Crippen molar-refractivity contribution in [1.29, 1.82) is 0 Å². The highest BCUT2D eigenvalue weighted by Gasteiger charge is 2.28. The summed E-state index contributed by atoms with van der Waals surface area (Å²) in [7, 11) is 0. The number of aromatic nitrogens is 1. The number of benzene rings is 1. The Morgan fingerprint density at radius 1 is 1.00 bits per heavy atom. The molecule has 1 aliphatic rings. The van der Waals surface area contributed by atoms with E-state index >= 15 is 0 Å². The molecule has 8 nitrogen and oxygen atoms in total. The summed E-state index contributed by atoms with van der Waals surface area (Å²) in [6, 6.07) is 13.7. The van der Waals surface area contributed by atoms with Crippen molar-refractivity contribution in [2.75, 3.05) is 37.6 Å². The van der Waals surface area contributed by atoms with Crippen LogP contribution >= 0.6 is 0 Å². The second-order valence-electron chi connectivity index (χ2n) is 7.76. The minimum absolute atomic E-state index is 0.215. The predicted octanol–water partition coefficient (Wildman–Crippen LogP) is 2.11. The van der Waals surface area contributed by atoms with Gasteiger partial charge in [-0.2, -0.15) is 0 Å². The highest BCUT2D eigenvalue weighted by Crippen LogP contribution is 2.25. The third-order valence-corrected chi connectivity index (χ3v) is 5.66. The molecule has 1 fully saturated rings. The Balaban J connectivity index is 1.33. The highest BCUT2D eigenvalue weighted by molar-refractivity contribution is 6.35. The molecule has 2 N–H and O–H groups in total. The zero-order chi connectivity index (χ0) is 23.0. The molecule has 172 valence electrons. The fourth-order valence-corrected chi connectivity index (χ4v) is 3.91. The van der Waals surface area contributed by atoms with Crippen molar-refractivity contribution in [3.8, 4) is 0 Å². The number of hydrogen-bond acceptors (Lipinski definition) is 6. The quantitative estimate of drug-likeness (QED) is 0.535. The number of halogens is 1. The minimum atomic E-state index is -0.708. The highest BCUT2D eigenvalue weighted by atomic mass is 19.1. The Hall–Kier alpha value is -3.72. The minimum Gasteiger partial charge on any atom is -0.468 e. The van der Waals surface area contributed by atoms with Crippen LogP contribution in [0.2, 0.25) is 0 Å². The monoisotopic (exact) mass is 451 g/mol. The van der Waals surface area contributed by atoms with Crippen molar-refractivity contribution in [3.63, 3.8) is 0 Å². The van der Waals surface area contributed by atoms with E-state index in [-0.39, 0.29) is 24.9 Å². The van der Waals surface area contributed by atoms with Gasteiger partial charge >= 0.3 is 11.8 Å². The molecule has 0 radical (unpaired) electrons. The van der Waals surface area contributed by atoms with Crippen molar-refractivity contribution < 1.29 is 18.4 Å². The predicted molar refractivity (Wildman–Crippen MR) is 121 cm³/mol. The zero-order valence-electron chi connectivity index (χ0n) is 18.1. The third kappa shape index (κ3) is 5.75. The topological polar surface area (TPSA) is 90.7 Å². The van der Waals surface area contributed by atoms with Crippen LogP contribution in [0.25, 0.3) is 0 Å². The lowest BCUT2D eigenvalue weighted by atomic mass is 10.1. The van der Waals surface area contributed by atoms with Crippen LogP contribution < -0.4 is 15.5 Å². The molecule has 3 heterocycles. The van der Waals surface area contributed by atoms with E-state index in [4.69, 9.17) is 4.42 Å². The molecule has 0 unspecified atom stereocenters. The largest absolute Gasteiger partial charge is 0.468 e. The molecule has 3 aromatic rings. The number of para-hydroxylation sites is 1. The van der Waals surface area contributed by atoms with Crippen LogP contribution in [0.5, 0.6) is 0 Å². The van der Waals surface area contributed by atoms with Gasteiger partial charge in [0.25, 0.3) is 0 Å². The Morgan fingerprint density at radius 3 is 2.48 bits per heavy atom. The van der Waals surface area contributed by atoms with E-state index in [1.165, 1.54) is 6.07 Å². The molecule has 2 amide bonds. The van der Waals surface area contributed by atoms with E-state index in [1.807, 2.05) is 23.1 Å². The van der Waals surface area contributed by atoms with E-state index in [0.717, 1.165) is 5.56 Å². The van der Waals surface area contributed by atoms with Gasteiger partial charge in [-0.25, -0.2) is 4.39 Å². The summed E-state index contributed by atoms with van der Waals surface area (Å²) >= 11 is 0. The number of furan rings is 1. The van der Waals surface area contributed by atoms with E-state index in [1.54, 1.807) is 42.9 Å². The van der Waals surface area contributed by atoms with Gasteiger partial charge < -0.3 is 20.0 Å².